The molecule has 0 aliphatic heterocycles. The molecular weight excluding hydrogens is 413 g/mol. The number of halogens is 2. The van der Waals surface area contributed by atoms with Crippen LogP contribution in [0, 0.1) is 6.92 Å². The zero-order valence-corrected chi connectivity index (χ0v) is 17.4. The molecule has 0 bridgehead atoms. The van der Waals surface area contributed by atoms with Crippen molar-refractivity contribution in [3.05, 3.63) is 58.0 Å². The summed E-state index contributed by atoms with van der Waals surface area (Å²) >= 11 is 12.1. The summed E-state index contributed by atoms with van der Waals surface area (Å²) in [5.74, 6) is -0.502. The Morgan fingerprint density at radius 2 is 1.90 bits per heavy atom. The van der Waals surface area contributed by atoms with E-state index in [-0.39, 0.29) is 21.8 Å². The van der Waals surface area contributed by atoms with Crippen LogP contribution in [0.4, 0.5) is 16.2 Å². The Bertz CT molecular complexity index is 1070. The number of anilines is 2. The Balaban J connectivity index is 1.97. The zero-order valence-electron chi connectivity index (χ0n) is 15.8. The van der Waals surface area contributed by atoms with Gasteiger partial charge in [0, 0.05) is 24.3 Å². The molecule has 0 atom stereocenters. The number of aryl methyl sites for hydroxylation is 1. The Kier molecular flexibility index (Phi) is 6.51. The van der Waals surface area contributed by atoms with Crippen molar-refractivity contribution in [2.24, 2.45) is 0 Å². The number of nitrogens with one attached hydrogen (secondary N) is 3. The predicted octanol–water partition coefficient (Wildman–Crippen LogP) is 5.03. The molecular formula is C20H19Cl2N5O2. The maximum absolute atomic E-state index is 12.7. The molecule has 3 aromatic rings. The molecule has 0 radical (unpaired) electrons. The van der Waals surface area contributed by atoms with Crippen LogP contribution in [0.5, 0.6) is 0 Å². The quantitative estimate of drug-likeness (QED) is 0.493. The second-order valence-corrected chi connectivity index (χ2v) is 7.08. The van der Waals surface area contributed by atoms with Gasteiger partial charge in [0.05, 0.1) is 27.5 Å². The highest BCUT2D eigenvalue weighted by Crippen LogP contribution is 2.31. The van der Waals surface area contributed by atoms with E-state index in [1.54, 1.807) is 18.3 Å². The molecule has 1 aromatic carbocycles. The van der Waals surface area contributed by atoms with Gasteiger partial charge in [-0.2, -0.15) is 0 Å². The molecule has 0 fully saturated rings. The number of nitrogens with zero attached hydrogens (tertiary/aromatic N) is 2. The standard InChI is InChI=1S/C20H19Cl2N5O2/c1-3-8-24-20(29)27-16-11(2)10-25-17-12(16)5-4-6-14(17)26-19(28)15-13(21)7-9-23-18(15)22/h4-7,9-10H,3,8H2,1-2H3,(H,26,28)(H2,24,25,27,29). The SMILES string of the molecule is CCCNC(=O)Nc1c(C)cnc2c(NC(=O)c3c(Cl)ccnc3Cl)cccc12. The van der Waals surface area contributed by atoms with Gasteiger partial charge in [-0.1, -0.05) is 42.3 Å². The monoisotopic (exact) mass is 431 g/mol. The zero-order chi connectivity index (χ0) is 21.0. The minimum Gasteiger partial charge on any atom is -0.338 e. The summed E-state index contributed by atoms with van der Waals surface area (Å²) in [5, 5.41) is 9.32. The van der Waals surface area contributed by atoms with Crippen LogP contribution in [0.1, 0.15) is 29.3 Å². The lowest BCUT2D eigenvalue weighted by atomic mass is 10.1. The number of urea groups is 1. The van der Waals surface area contributed by atoms with Crippen LogP contribution in [0.3, 0.4) is 0 Å². The van der Waals surface area contributed by atoms with Gasteiger partial charge in [-0.05, 0) is 31.0 Å². The fourth-order valence-corrected chi connectivity index (χ4v) is 3.31. The Morgan fingerprint density at radius 3 is 2.62 bits per heavy atom. The predicted molar refractivity (Wildman–Crippen MR) is 116 cm³/mol. The average Bonchev–Trinajstić information content (AvgIpc) is 2.68. The number of fused-ring (bicyclic) bond motifs is 1. The van der Waals surface area contributed by atoms with E-state index in [4.69, 9.17) is 23.2 Å². The Hall–Kier alpha value is -2.90. The van der Waals surface area contributed by atoms with E-state index in [1.165, 1.54) is 12.3 Å². The largest absolute Gasteiger partial charge is 0.338 e. The van der Waals surface area contributed by atoms with E-state index in [0.29, 0.717) is 28.8 Å². The second-order valence-electron chi connectivity index (χ2n) is 6.31. The number of para-hydroxylation sites is 1. The number of hydrogen-bond acceptors (Lipinski definition) is 4. The summed E-state index contributed by atoms with van der Waals surface area (Å²) in [7, 11) is 0. The van der Waals surface area contributed by atoms with Crippen LogP contribution in [0.2, 0.25) is 10.2 Å². The number of carbonyl (C=O) groups is 2. The van der Waals surface area contributed by atoms with E-state index in [1.807, 2.05) is 19.9 Å². The highest BCUT2D eigenvalue weighted by molar-refractivity contribution is 6.39. The Morgan fingerprint density at radius 1 is 1.10 bits per heavy atom. The van der Waals surface area contributed by atoms with Crippen LogP contribution >= 0.6 is 23.2 Å². The molecule has 0 aliphatic carbocycles. The van der Waals surface area contributed by atoms with Gasteiger partial charge >= 0.3 is 6.03 Å². The number of amides is 3. The summed E-state index contributed by atoms with van der Waals surface area (Å²) in [6.45, 7) is 4.40. The summed E-state index contributed by atoms with van der Waals surface area (Å²) in [6.07, 6.45) is 3.89. The topological polar surface area (TPSA) is 96.0 Å². The first-order valence-electron chi connectivity index (χ1n) is 8.97. The lowest BCUT2D eigenvalue weighted by molar-refractivity contribution is 0.102. The molecule has 3 amide bonds. The molecule has 0 saturated carbocycles. The first-order chi connectivity index (χ1) is 13.9. The van der Waals surface area contributed by atoms with Crippen LogP contribution in [-0.4, -0.2) is 28.5 Å². The minimum absolute atomic E-state index is 0.00833. The molecule has 0 aliphatic rings. The molecule has 3 rings (SSSR count). The van der Waals surface area contributed by atoms with E-state index in [2.05, 4.69) is 25.9 Å². The molecule has 29 heavy (non-hydrogen) atoms. The number of carbonyl (C=O) groups excluding carboxylic acids is 2. The maximum atomic E-state index is 12.7. The summed E-state index contributed by atoms with van der Waals surface area (Å²) in [4.78, 5) is 33.2. The first-order valence-corrected chi connectivity index (χ1v) is 9.72. The van der Waals surface area contributed by atoms with Crippen molar-refractivity contribution >= 4 is 57.4 Å². The fraction of sp³-hybridized carbons (Fsp3) is 0.200. The lowest BCUT2D eigenvalue weighted by Crippen LogP contribution is -2.29. The minimum atomic E-state index is -0.502. The number of pyridine rings is 2. The van der Waals surface area contributed by atoms with Crippen LogP contribution in [0.15, 0.2) is 36.7 Å². The second kappa shape index (κ2) is 9.07. The number of aromatic nitrogens is 2. The molecule has 9 heteroatoms. The van der Waals surface area contributed by atoms with Gasteiger partial charge in [-0.3, -0.25) is 9.78 Å². The number of hydrogen-bond donors (Lipinski definition) is 3. The van der Waals surface area contributed by atoms with E-state index >= 15 is 0 Å². The first kappa shape index (κ1) is 20.8. The molecule has 7 nitrogen and oxygen atoms in total. The summed E-state index contributed by atoms with van der Waals surface area (Å²) in [6, 6.07) is 6.49. The molecule has 150 valence electrons. The smallest absolute Gasteiger partial charge is 0.319 e. The van der Waals surface area contributed by atoms with Crippen molar-refractivity contribution in [2.45, 2.75) is 20.3 Å². The van der Waals surface area contributed by atoms with E-state index < -0.39 is 5.91 Å². The molecule has 3 N–H and O–H groups in total. The van der Waals surface area contributed by atoms with E-state index in [9.17, 15) is 9.59 Å². The van der Waals surface area contributed by atoms with Gasteiger partial charge < -0.3 is 16.0 Å². The highest BCUT2D eigenvalue weighted by Gasteiger charge is 2.18. The summed E-state index contributed by atoms with van der Waals surface area (Å²) < 4.78 is 0. The number of benzene rings is 1. The van der Waals surface area contributed by atoms with Crippen molar-refractivity contribution in [1.29, 1.82) is 0 Å². The lowest BCUT2D eigenvalue weighted by Gasteiger charge is -2.15. The molecule has 0 spiro atoms. The third-order valence-corrected chi connectivity index (χ3v) is 4.79. The maximum Gasteiger partial charge on any atom is 0.319 e. The van der Waals surface area contributed by atoms with Gasteiger partial charge in [0.1, 0.15) is 5.15 Å². The van der Waals surface area contributed by atoms with Crippen LogP contribution < -0.4 is 16.0 Å². The van der Waals surface area contributed by atoms with Gasteiger partial charge in [0.25, 0.3) is 5.91 Å². The normalized spacial score (nSPS) is 10.6. The fourth-order valence-electron chi connectivity index (χ4n) is 2.79. The van der Waals surface area contributed by atoms with Crippen LogP contribution in [-0.2, 0) is 0 Å². The van der Waals surface area contributed by atoms with Gasteiger partial charge in [0.15, 0.2) is 0 Å². The van der Waals surface area contributed by atoms with Crippen LogP contribution in [0.25, 0.3) is 10.9 Å². The van der Waals surface area contributed by atoms with E-state index in [0.717, 1.165) is 12.0 Å². The van der Waals surface area contributed by atoms with Gasteiger partial charge in [-0.25, -0.2) is 9.78 Å². The van der Waals surface area contributed by atoms with Crippen molar-refractivity contribution in [3.63, 3.8) is 0 Å². The third kappa shape index (κ3) is 4.58. The highest BCUT2D eigenvalue weighted by atomic mass is 35.5. The summed E-state index contributed by atoms with van der Waals surface area (Å²) in [5.41, 5.74) is 2.48. The third-order valence-electron chi connectivity index (χ3n) is 4.19. The van der Waals surface area contributed by atoms with Gasteiger partial charge in [-0.15, -0.1) is 0 Å². The van der Waals surface area contributed by atoms with Crippen molar-refractivity contribution in [1.82, 2.24) is 15.3 Å². The molecule has 0 saturated heterocycles. The molecule has 2 heterocycles. The van der Waals surface area contributed by atoms with Crippen molar-refractivity contribution < 1.29 is 9.59 Å². The van der Waals surface area contributed by atoms with Crippen molar-refractivity contribution in [2.75, 3.05) is 17.2 Å². The average molecular weight is 432 g/mol. The van der Waals surface area contributed by atoms with Gasteiger partial charge in [0.2, 0.25) is 0 Å². The molecule has 0 unspecified atom stereocenters. The molecule has 2 aromatic heterocycles. The number of rotatable bonds is 5. The van der Waals surface area contributed by atoms with Crippen molar-refractivity contribution in [3.8, 4) is 0 Å². The Labute approximate surface area is 177 Å².